The Morgan fingerprint density at radius 1 is 1.31 bits per heavy atom. The highest BCUT2D eigenvalue weighted by Gasteiger charge is 2.27. The minimum Gasteiger partial charge on any atom is -0.462 e. The van der Waals surface area contributed by atoms with E-state index in [1.807, 2.05) is 37.4 Å². The summed E-state index contributed by atoms with van der Waals surface area (Å²) < 4.78 is 7.86. The topological polar surface area (TPSA) is 68.2 Å². The molecule has 0 atom stereocenters. The molecular weight excluding hydrogens is 532 g/mol. The summed E-state index contributed by atoms with van der Waals surface area (Å²) in [7, 11) is 0. The molecule has 1 aromatic carbocycles. The van der Waals surface area contributed by atoms with E-state index in [4.69, 9.17) is 28.6 Å². The number of hydrogen-bond acceptors (Lipinski definition) is 5. The number of esters is 1. The molecule has 2 N–H and O–H groups in total. The zero-order valence-electron chi connectivity index (χ0n) is 17.4. The van der Waals surface area contributed by atoms with Crippen molar-refractivity contribution in [3.63, 3.8) is 0 Å². The molecule has 0 bridgehead atoms. The summed E-state index contributed by atoms with van der Waals surface area (Å²) in [6.45, 7) is 2.68. The summed E-state index contributed by atoms with van der Waals surface area (Å²) in [5, 5.41) is 12.7. The molecular formula is C22H22BrClN4O2S2. The average Bonchev–Trinajstić information content (AvgIpc) is 3.29. The third kappa shape index (κ3) is 5.17. The molecule has 3 aromatic rings. The van der Waals surface area contributed by atoms with Gasteiger partial charge in [0.1, 0.15) is 5.00 Å². The normalized spacial score (nSPS) is 12.8. The molecule has 0 amide bonds. The van der Waals surface area contributed by atoms with Gasteiger partial charge in [-0.1, -0.05) is 29.8 Å². The summed E-state index contributed by atoms with van der Waals surface area (Å²) in [5.74, 6) is 0.274. The van der Waals surface area contributed by atoms with E-state index in [2.05, 4.69) is 31.7 Å². The van der Waals surface area contributed by atoms with Gasteiger partial charge in [-0.15, -0.1) is 11.3 Å². The third-order valence-electron chi connectivity index (χ3n) is 5.12. The van der Waals surface area contributed by atoms with Crippen molar-refractivity contribution in [2.45, 2.75) is 39.2 Å². The van der Waals surface area contributed by atoms with E-state index in [1.54, 1.807) is 16.0 Å². The van der Waals surface area contributed by atoms with Gasteiger partial charge in [-0.25, -0.2) is 4.79 Å². The smallest absolute Gasteiger partial charge is 0.341 e. The molecule has 32 heavy (non-hydrogen) atoms. The van der Waals surface area contributed by atoms with Gasteiger partial charge in [0.05, 0.1) is 23.2 Å². The van der Waals surface area contributed by atoms with Crippen LogP contribution in [-0.4, -0.2) is 27.5 Å². The molecule has 1 aliphatic rings. The summed E-state index contributed by atoms with van der Waals surface area (Å²) in [5.41, 5.74) is 2.67. The largest absolute Gasteiger partial charge is 0.462 e. The highest BCUT2D eigenvalue weighted by molar-refractivity contribution is 9.10. The van der Waals surface area contributed by atoms with Crippen LogP contribution in [0.2, 0.25) is 5.02 Å². The van der Waals surface area contributed by atoms with Crippen molar-refractivity contribution in [1.82, 2.24) is 9.78 Å². The molecule has 2 aromatic heterocycles. The number of ether oxygens (including phenoxy) is 1. The lowest BCUT2D eigenvalue weighted by atomic mass is 9.95. The standard InChI is InChI=1S/C22H22BrClN4O2S2/c1-2-30-21(29)18-14-8-4-6-10-17(14)32-20(18)26-22(31)25-19-15(23)12-28(27-19)11-13-7-3-5-9-16(13)24/h3,5,7,9,12H,2,4,6,8,10-11H2,1H3,(H2,25,26,27,31). The van der Waals surface area contributed by atoms with Gasteiger partial charge < -0.3 is 15.4 Å². The summed E-state index contributed by atoms with van der Waals surface area (Å²) in [6, 6.07) is 7.66. The molecule has 10 heteroatoms. The van der Waals surface area contributed by atoms with Crippen LogP contribution in [0.5, 0.6) is 0 Å². The fraction of sp³-hybridized carbons (Fsp3) is 0.318. The first kappa shape index (κ1) is 23.2. The van der Waals surface area contributed by atoms with Crippen LogP contribution in [-0.2, 0) is 24.1 Å². The molecule has 0 aliphatic heterocycles. The Kier molecular flexibility index (Phi) is 7.50. The first-order valence-electron chi connectivity index (χ1n) is 10.3. The second-order valence-electron chi connectivity index (χ2n) is 7.33. The first-order valence-corrected chi connectivity index (χ1v) is 12.7. The Balaban J connectivity index is 1.50. The Labute approximate surface area is 209 Å². The van der Waals surface area contributed by atoms with Crippen molar-refractivity contribution < 1.29 is 9.53 Å². The molecule has 2 heterocycles. The number of aromatic nitrogens is 2. The lowest BCUT2D eigenvalue weighted by Crippen LogP contribution is -2.21. The van der Waals surface area contributed by atoms with Crippen LogP contribution < -0.4 is 10.6 Å². The van der Waals surface area contributed by atoms with Gasteiger partial charge in [-0.2, -0.15) is 5.10 Å². The van der Waals surface area contributed by atoms with Crippen LogP contribution in [0.1, 0.15) is 46.1 Å². The number of carbonyl (C=O) groups excluding carboxylic acids is 1. The third-order valence-corrected chi connectivity index (χ3v) is 7.48. The lowest BCUT2D eigenvalue weighted by Gasteiger charge is -2.13. The molecule has 0 unspecified atom stereocenters. The number of thiocarbonyl (C=S) groups is 1. The van der Waals surface area contributed by atoms with Gasteiger partial charge >= 0.3 is 5.97 Å². The van der Waals surface area contributed by atoms with Crippen molar-refractivity contribution in [3.05, 3.63) is 61.5 Å². The van der Waals surface area contributed by atoms with Crippen LogP contribution >= 0.6 is 51.1 Å². The number of nitrogens with zero attached hydrogens (tertiary/aromatic N) is 2. The van der Waals surface area contributed by atoms with Crippen LogP contribution in [0, 0.1) is 0 Å². The number of anilines is 2. The highest BCUT2D eigenvalue weighted by atomic mass is 79.9. The predicted molar refractivity (Wildman–Crippen MR) is 137 cm³/mol. The van der Waals surface area contributed by atoms with E-state index in [9.17, 15) is 4.79 Å². The maximum Gasteiger partial charge on any atom is 0.341 e. The van der Waals surface area contributed by atoms with Gasteiger partial charge in [-0.05, 0) is 77.9 Å². The van der Waals surface area contributed by atoms with Crippen LogP contribution in [0.25, 0.3) is 0 Å². The zero-order chi connectivity index (χ0) is 22.7. The molecule has 168 valence electrons. The van der Waals surface area contributed by atoms with E-state index < -0.39 is 0 Å². The fourth-order valence-corrected chi connectivity index (χ4v) is 5.83. The number of fused-ring (bicyclic) bond motifs is 1. The minimum absolute atomic E-state index is 0.303. The fourth-order valence-electron chi connectivity index (χ4n) is 3.68. The zero-order valence-corrected chi connectivity index (χ0v) is 21.4. The predicted octanol–water partition coefficient (Wildman–Crippen LogP) is 6.27. The van der Waals surface area contributed by atoms with Crippen molar-refractivity contribution >= 4 is 73.0 Å². The summed E-state index contributed by atoms with van der Waals surface area (Å²) in [4.78, 5) is 13.9. The van der Waals surface area contributed by atoms with Crippen LogP contribution in [0.4, 0.5) is 10.8 Å². The van der Waals surface area contributed by atoms with Crippen LogP contribution in [0.15, 0.2) is 34.9 Å². The number of nitrogens with one attached hydrogen (secondary N) is 2. The quantitative estimate of drug-likeness (QED) is 0.277. The molecule has 1 aliphatic carbocycles. The Morgan fingerprint density at radius 2 is 2.09 bits per heavy atom. The Morgan fingerprint density at radius 3 is 2.88 bits per heavy atom. The number of thiophene rings is 1. The number of carbonyl (C=O) groups is 1. The Hall–Kier alpha value is -1.94. The molecule has 0 radical (unpaired) electrons. The number of benzene rings is 1. The second kappa shape index (κ2) is 10.3. The van der Waals surface area contributed by atoms with Gasteiger partial charge in [0, 0.05) is 16.1 Å². The molecule has 0 spiro atoms. The van der Waals surface area contributed by atoms with Gasteiger partial charge in [0.2, 0.25) is 0 Å². The highest BCUT2D eigenvalue weighted by Crippen LogP contribution is 2.38. The molecule has 0 saturated carbocycles. The maximum absolute atomic E-state index is 12.6. The van der Waals surface area contributed by atoms with E-state index in [0.717, 1.165) is 46.3 Å². The van der Waals surface area contributed by atoms with E-state index in [0.29, 0.717) is 34.7 Å². The Bertz CT molecular complexity index is 1160. The van der Waals surface area contributed by atoms with Crippen molar-refractivity contribution in [2.24, 2.45) is 0 Å². The number of hydrogen-bond donors (Lipinski definition) is 2. The summed E-state index contributed by atoms with van der Waals surface area (Å²) >= 11 is 16.9. The number of rotatable bonds is 6. The van der Waals surface area contributed by atoms with Crippen molar-refractivity contribution in [1.29, 1.82) is 0 Å². The first-order chi connectivity index (χ1) is 15.5. The molecule has 4 rings (SSSR count). The van der Waals surface area contributed by atoms with E-state index in [-0.39, 0.29) is 5.97 Å². The molecule has 0 fully saturated rings. The monoisotopic (exact) mass is 552 g/mol. The van der Waals surface area contributed by atoms with Crippen molar-refractivity contribution in [3.8, 4) is 0 Å². The summed E-state index contributed by atoms with van der Waals surface area (Å²) in [6.07, 6.45) is 5.94. The van der Waals surface area contributed by atoms with Crippen molar-refractivity contribution in [2.75, 3.05) is 17.2 Å². The minimum atomic E-state index is -0.303. The lowest BCUT2D eigenvalue weighted by molar-refractivity contribution is 0.0526. The number of aryl methyl sites for hydroxylation is 1. The van der Waals surface area contributed by atoms with Gasteiger partial charge in [0.25, 0.3) is 0 Å². The van der Waals surface area contributed by atoms with Crippen LogP contribution in [0.3, 0.4) is 0 Å². The van der Waals surface area contributed by atoms with E-state index >= 15 is 0 Å². The van der Waals surface area contributed by atoms with Gasteiger partial charge in [-0.3, -0.25) is 4.68 Å². The average molecular weight is 554 g/mol. The van der Waals surface area contributed by atoms with E-state index in [1.165, 1.54) is 4.88 Å². The number of halogens is 2. The maximum atomic E-state index is 12.6. The molecule has 0 saturated heterocycles. The molecule has 6 nitrogen and oxygen atoms in total. The van der Waals surface area contributed by atoms with Gasteiger partial charge in [0.15, 0.2) is 10.9 Å². The second-order valence-corrected chi connectivity index (χ2v) is 10.1. The SMILES string of the molecule is CCOC(=O)c1c(NC(=S)Nc2nn(Cc3ccccc3Cl)cc2Br)sc2c1CCCC2.